The van der Waals surface area contributed by atoms with Crippen LogP contribution in [0.15, 0.2) is 24.3 Å². The molecule has 0 aliphatic carbocycles. The highest BCUT2D eigenvalue weighted by Crippen LogP contribution is 2.19. The van der Waals surface area contributed by atoms with Crippen LogP contribution in [0.2, 0.25) is 0 Å². The fraction of sp³-hybridized carbons (Fsp3) is 0.364. The lowest BCUT2D eigenvalue weighted by Crippen LogP contribution is -2.37. The molecule has 4 heteroatoms. The minimum absolute atomic E-state index is 0.620. The number of nitrogens with two attached hydrogens (primary N) is 1. The Hall–Kier alpha value is -1.39. The van der Waals surface area contributed by atoms with E-state index in [0.29, 0.717) is 5.56 Å². The minimum Gasteiger partial charge on any atom is -0.468 e. The molecule has 0 fully saturated rings. The molecular weight excluding hydrogens is 194 g/mol. The second kappa shape index (κ2) is 4.91. The number of benzene rings is 1. The first-order chi connectivity index (χ1) is 7.07. The van der Waals surface area contributed by atoms with Gasteiger partial charge < -0.3 is 15.6 Å². The monoisotopic (exact) mass is 209 g/mol. The number of rotatable bonds is 3. The van der Waals surface area contributed by atoms with Crippen LogP contribution in [-0.4, -0.2) is 24.2 Å². The Balaban J connectivity index is 2.89. The van der Waals surface area contributed by atoms with Crippen LogP contribution in [0.5, 0.6) is 0 Å². The minimum atomic E-state index is -1.05. The number of carbonyl (C=O) groups excluding carboxylic acids is 1. The average Bonchev–Trinajstić information content (AvgIpc) is 2.26. The molecule has 0 radical (unpaired) electrons. The second-order valence-electron chi connectivity index (χ2n) is 3.35. The smallest absolute Gasteiger partial charge is 0.325 e. The number of carbonyl (C=O) groups is 1. The van der Waals surface area contributed by atoms with Gasteiger partial charge >= 0.3 is 5.97 Å². The molecule has 0 spiro atoms. The number of aliphatic hydroxyl groups excluding tert-OH is 1. The third kappa shape index (κ3) is 2.55. The zero-order valence-electron chi connectivity index (χ0n) is 8.81. The van der Waals surface area contributed by atoms with Gasteiger partial charge in [0, 0.05) is 0 Å². The van der Waals surface area contributed by atoms with Crippen LogP contribution in [0.1, 0.15) is 17.2 Å². The van der Waals surface area contributed by atoms with Crippen LogP contribution in [-0.2, 0) is 9.53 Å². The van der Waals surface area contributed by atoms with Gasteiger partial charge in [-0.05, 0) is 18.1 Å². The number of ether oxygens (including phenoxy) is 1. The molecule has 2 atom stereocenters. The van der Waals surface area contributed by atoms with Crippen molar-refractivity contribution in [2.45, 2.75) is 19.1 Å². The van der Waals surface area contributed by atoms with Gasteiger partial charge in [0.15, 0.2) is 0 Å². The van der Waals surface area contributed by atoms with E-state index < -0.39 is 18.1 Å². The lowest BCUT2D eigenvalue weighted by Gasteiger charge is -2.18. The maximum absolute atomic E-state index is 11.1. The predicted octanol–water partition coefficient (Wildman–Crippen LogP) is 0.529. The van der Waals surface area contributed by atoms with E-state index in [0.717, 1.165) is 5.56 Å². The molecule has 0 aromatic heterocycles. The van der Waals surface area contributed by atoms with Crippen molar-refractivity contribution in [2.75, 3.05) is 7.11 Å². The average molecular weight is 209 g/mol. The number of hydrogen-bond donors (Lipinski definition) is 2. The van der Waals surface area contributed by atoms with Gasteiger partial charge in [-0.1, -0.05) is 24.3 Å². The Labute approximate surface area is 88.7 Å². The van der Waals surface area contributed by atoms with Gasteiger partial charge in [-0.2, -0.15) is 0 Å². The largest absolute Gasteiger partial charge is 0.468 e. The maximum Gasteiger partial charge on any atom is 0.325 e. The Kier molecular flexibility index (Phi) is 3.82. The van der Waals surface area contributed by atoms with E-state index in [-0.39, 0.29) is 0 Å². The Bertz CT molecular complexity index is 351. The fourth-order valence-electron chi connectivity index (χ4n) is 1.38. The van der Waals surface area contributed by atoms with Gasteiger partial charge in [0.05, 0.1) is 7.11 Å². The van der Waals surface area contributed by atoms with E-state index >= 15 is 0 Å². The van der Waals surface area contributed by atoms with Gasteiger partial charge in [-0.25, -0.2) is 0 Å². The highest BCUT2D eigenvalue weighted by atomic mass is 16.5. The maximum atomic E-state index is 11.1. The van der Waals surface area contributed by atoms with Crippen molar-refractivity contribution in [1.82, 2.24) is 0 Å². The second-order valence-corrected chi connectivity index (χ2v) is 3.35. The van der Waals surface area contributed by atoms with E-state index in [2.05, 4.69) is 4.74 Å². The van der Waals surface area contributed by atoms with Crippen molar-refractivity contribution in [3.63, 3.8) is 0 Å². The van der Waals surface area contributed by atoms with Crippen molar-refractivity contribution >= 4 is 5.97 Å². The quantitative estimate of drug-likeness (QED) is 0.712. The number of aliphatic hydroxyl groups is 1. The van der Waals surface area contributed by atoms with Crippen molar-refractivity contribution in [2.24, 2.45) is 5.73 Å². The van der Waals surface area contributed by atoms with Crippen LogP contribution in [0, 0.1) is 6.92 Å². The number of esters is 1. The highest BCUT2D eigenvalue weighted by Gasteiger charge is 2.25. The summed E-state index contributed by atoms with van der Waals surface area (Å²) in [7, 11) is 1.24. The number of aryl methyl sites for hydroxylation is 1. The molecule has 15 heavy (non-hydrogen) atoms. The molecule has 0 amide bonds. The van der Waals surface area contributed by atoms with Crippen LogP contribution in [0.3, 0.4) is 0 Å². The summed E-state index contributed by atoms with van der Waals surface area (Å²) in [5, 5.41) is 9.85. The summed E-state index contributed by atoms with van der Waals surface area (Å²) in [6, 6.07) is 6.19. The zero-order chi connectivity index (χ0) is 11.4. The SMILES string of the molecule is COC(=O)C(N)C(O)c1ccccc1C. The summed E-state index contributed by atoms with van der Waals surface area (Å²) >= 11 is 0. The molecule has 0 aliphatic heterocycles. The van der Waals surface area contributed by atoms with E-state index in [1.165, 1.54) is 7.11 Å². The summed E-state index contributed by atoms with van der Waals surface area (Å²) in [5.41, 5.74) is 7.09. The Morgan fingerprint density at radius 3 is 2.60 bits per heavy atom. The van der Waals surface area contributed by atoms with E-state index in [1.807, 2.05) is 19.1 Å². The third-order valence-corrected chi connectivity index (χ3v) is 2.32. The molecule has 0 saturated heterocycles. The topological polar surface area (TPSA) is 72.5 Å². The van der Waals surface area contributed by atoms with E-state index in [4.69, 9.17) is 5.73 Å². The van der Waals surface area contributed by atoms with E-state index in [1.54, 1.807) is 12.1 Å². The summed E-state index contributed by atoms with van der Waals surface area (Å²) in [4.78, 5) is 11.1. The molecule has 1 aromatic rings. The molecule has 1 aromatic carbocycles. The van der Waals surface area contributed by atoms with Crippen molar-refractivity contribution in [3.8, 4) is 0 Å². The van der Waals surface area contributed by atoms with Gasteiger partial charge in [-0.15, -0.1) is 0 Å². The molecule has 3 N–H and O–H groups in total. The standard InChI is InChI=1S/C11H15NO3/c1-7-5-3-4-6-8(7)10(13)9(12)11(14)15-2/h3-6,9-10,13H,12H2,1-2H3. The van der Waals surface area contributed by atoms with Crippen molar-refractivity contribution in [3.05, 3.63) is 35.4 Å². The van der Waals surface area contributed by atoms with Gasteiger partial charge in [-0.3, -0.25) is 4.79 Å². The van der Waals surface area contributed by atoms with Crippen LogP contribution in [0.4, 0.5) is 0 Å². The van der Waals surface area contributed by atoms with E-state index in [9.17, 15) is 9.90 Å². The van der Waals surface area contributed by atoms with Crippen LogP contribution in [0.25, 0.3) is 0 Å². The molecule has 4 nitrogen and oxygen atoms in total. The predicted molar refractivity (Wildman–Crippen MR) is 56.1 cm³/mol. The molecular formula is C11H15NO3. The number of methoxy groups -OCH3 is 1. The fourth-order valence-corrected chi connectivity index (χ4v) is 1.38. The summed E-state index contributed by atoms with van der Waals surface area (Å²) in [6.45, 7) is 1.85. The highest BCUT2D eigenvalue weighted by molar-refractivity contribution is 5.76. The first-order valence-electron chi connectivity index (χ1n) is 4.65. The molecule has 82 valence electrons. The lowest BCUT2D eigenvalue weighted by molar-refractivity contribution is -0.145. The normalized spacial score (nSPS) is 14.4. The lowest BCUT2D eigenvalue weighted by atomic mass is 9.98. The summed E-state index contributed by atoms with van der Waals surface area (Å²) in [5.74, 6) is -0.620. The molecule has 0 heterocycles. The molecule has 0 aliphatic rings. The summed E-state index contributed by atoms with van der Waals surface area (Å²) in [6.07, 6.45) is -1.03. The van der Waals surface area contributed by atoms with Gasteiger partial charge in [0.1, 0.15) is 12.1 Å². The number of hydrogen-bond acceptors (Lipinski definition) is 4. The molecule has 2 unspecified atom stereocenters. The van der Waals surface area contributed by atoms with Crippen LogP contribution >= 0.6 is 0 Å². The van der Waals surface area contributed by atoms with Crippen LogP contribution < -0.4 is 5.73 Å². The third-order valence-electron chi connectivity index (χ3n) is 2.32. The molecule has 0 bridgehead atoms. The van der Waals surface area contributed by atoms with Crippen molar-refractivity contribution in [1.29, 1.82) is 0 Å². The molecule has 0 saturated carbocycles. The first kappa shape index (κ1) is 11.7. The summed E-state index contributed by atoms with van der Waals surface area (Å²) < 4.78 is 4.47. The van der Waals surface area contributed by atoms with Gasteiger partial charge in [0.2, 0.25) is 0 Å². The Morgan fingerprint density at radius 1 is 1.47 bits per heavy atom. The van der Waals surface area contributed by atoms with Crippen molar-refractivity contribution < 1.29 is 14.6 Å². The molecule has 1 rings (SSSR count). The Morgan fingerprint density at radius 2 is 2.07 bits per heavy atom. The van der Waals surface area contributed by atoms with Gasteiger partial charge in [0.25, 0.3) is 0 Å². The zero-order valence-corrected chi connectivity index (χ0v) is 8.81. The first-order valence-corrected chi connectivity index (χ1v) is 4.65.